The van der Waals surface area contributed by atoms with Crippen molar-refractivity contribution in [2.75, 3.05) is 18.4 Å². The predicted octanol–water partition coefficient (Wildman–Crippen LogP) is 7.01. The Balaban J connectivity index is 2.39. The van der Waals surface area contributed by atoms with E-state index in [0.717, 1.165) is 54.4 Å². The van der Waals surface area contributed by atoms with Crippen LogP contribution in [0.2, 0.25) is 0 Å². The number of alkyl carbamates (subject to hydrolysis) is 1. The minimum atomic E-state index is -0.854. The molecule has 0 spiro atoms. The molecule has 0 radical (unpaired) electrons. The minimum Gasteiger partial charge on any atom is -0.444 e. The second-order valence-electron chi connectivity index (χ2n) is 11.2. The third kappa shape index (κ3) is 10.4. The Hall–Kier alpha value is -3.35. The lowest BCUT2D eigenvalue weighted by Gasteiger charge is -2.33. The van der Waals surface area contributed by atoms with Gasteiger partial charge in [0.25, 0.3) is 5.91 Å². The van der Waals surface area contributed by atoms with Gasteiger partial charge in [-0.2, -0.15) is 0 Å². The first-order chi connectivity index (χ1) is 18.4. The normalized spacial score (nSPS) is 12.0. The number of hydrogen-bond donors (Lipinski definition) is 2. The molecule has 0 saturated carbocycles. The van der Waals surface area contributed by atoms with Crippen LogP contribution in [0.25, 0.3) is 0 Å². The Morgan fingerprint density at radius 3 is 2.18 bits per heavy atom. The fourth-order valence-electron chi connectivity index (χ4n) is 4.46. The quantitative estimate of drug-likeness (QED) is 0.269. The van der Waals surface area contributed by atoms with Crippen LogP contribution in [0.5, 0.6) is 0 Å². The van der Waals surface area contributed by atoms with Crippen molar-refractivity contribution in [2.24, 2.45) is 0 Å². The number of unbranched alkanes of at least 4 members (excludes halogenated alkanes) is 5. The van der Waals surface area contributed by atoms with Crippen LogP contribution in [-0.2, 0) is 14.3 Å². The summed E-state index contributed by atoms with van der Waals surface area (Å²) in [7, 11) is 0. The summed E-state index contributed by atoms with van der Waals surface area (Å²) in [5, 5.41) is 5.64. The largest absolute Gasteiger partial charge is 0.444 e. The Morgan fingerprint density at radius 2 is 1.51 bits per heavy atom. The molecular weight excluding hydrogens is 490 g/mol. The molecule has 0 aromatic heterocycles. The van der Waals surface area contributed by atoms with Gasteiger partial charge in [-0.25, -0.2) is 4.79 Å². The van der Waals surface area contributed by atoms with E-state index in [9.17, 15) is 14.4 Å². The summed E-state index contributed by atoms with van der Waals surface area (Å²) in [6, 6.07) is 12.6. The van der Waals surface area contributed by atoms with Crippen molar-refractivity contribution in [3.63, 3.8) is 0 Å². The van der Waals surface area contributed by atoms with Gasteiger partial charge in [-0.05, 0) is 76.3 Å². The molecule has 214 valence electrons. The first-order valence-electron chi connectivity index (χ1n) is 14.1. The van der Waals surface area contributed by atoms with Crippen molar-refractivity contribution in [1.29, 1.82) is 0 Å². The highest BCUT2D eigenvalue weighted by Gasteiger charge is 2.33. The molecule has 1 atom stereocenters. The van der Waals surface area contributed by atoms with E-state index >= 15 is 0 Å². The van der Waals surface area contributed by atoms with Gasteiger partial charge >= 0.3 is 6.09 Å². The summed E-state index contributed by atoms with van der Waals surface area (Å²) < 4.78 is 5.32. The van der Waals surface area contributed by atoms with Gasteiger partial charge in [-0.1, -0.05) is 75.4 Å². The van der Waals surface area contributed by atoms with E-state index in [1.165, 1.54) is 6.42 Å². The number of rotatable bonds is 13. The van der Waals surface area contributed by atoms with Crippen LogP contribution in [0, 0.1) is 20.8 Å². The maximum absolute atomic E-state index is 14.0. The lowest BCUT2D eigenvalue weighted by Crippen LogP contribution is -2.47. The molecule has 2 rings (SSSR count). The molecule has 0 aliphatic rings. The predicted molar refractivity (Wildman–Crippen MR) is 158 cm³/mol. The van der Waals surface area contributed by atoms with Crippen LogP contribution >= 0.6 is 0 Å². The standard InChI is InChI=1S/C32H47N3O4/c1-8-9-10-11-12-15-21-35(28(36)22-33-31(38)39-32(5,6)7)29(26-19-16-18-23(2)25(26)4)30(37)34-27-20-14-13-17-24(27)3/h13-14,16-20,29H,8-12,15,21-22H2,1-7H3,(H,33,38)(H,34,37). The minimum absolute atomic E-state index is 0.260. The van der Waals surface area contributed by atoms with Crippen molar-refractivity contribution in [2.45, 2.75) is 98.6 Å². The number of nitrogens with one attached hydrogen (secondary N) is 2. The monoisotopic (exact) mass is 537 g/mol. The number of anilines is 1. The summed E-state index contributed by atoms with van der Waals surface area (Å²) >= 11 is 0. The van der Waals surface area contributed by atoms with Gasteiger partial charge in [-0.3, -0.25) is 9.59 Å². The highest BCUT2D eigenvalue weighted by molar-refractivity contribution is 5.99. The number of nitrogens with zero attached hydrogens (tertiary/aromatic N) is 1. The first kappa shape index (κ1) is 31.9. The van der Waals surface area contributed by atoms with Crippen LogP contribution in [0.4, 0.5) is 10.5 Å². The van der Waals surface area contributed by atoms with Gasteiger partial charge in [-0.15, -0.1) is 0 Å². The van der Waals surface area contributed by atoms with Crippen LogP contribution in [0.15, 0.2) is 42.5 Å². The summed E-state index contributed by atoms with van der Waals surface area (Å²) in [6.07, 6.45) is 5.64. The molecule has 7 heteroatoms. The molecule has 0 bridgehead atoms. The maximum Gasteiger partial charge on any atom is 0.408 e. The van der Waals surface area contributed by atoms with Crippen molar-refractivity contribution < 1.29 is 19.1 Å². The maximum atomic E-state index is 14.0. The van der Waals surface area contributed by atoms with Crippen LogP contribution in [0.1, 0.15) is 94.5 Å². The van der Waals surface area contributed by atoms with Crippen molar-refractivity contribution in [3.05, 3.63) is 64.7 Å². The lowest BCUT2D eigenvalue weighted by atomic mass is 9.95. The molecule has 0 heterocycles. The number of benzene rings is 2. The van der Waals surface area contributed by atoms with E-state index in [1.807, 2.05) is 63.2 Å². The fraction of sp³-hybridized carbons (Fsp3) is 0.531. The molecule has 0 saturated heterocycles. The van der Waals surface area contributed by atoms with Gasteiger partial charge in [0.15, 0.2) is 0 Å². The molecule has 7 nitrogen and oxygen atoms in total. The summed E-state index contributed by atoms with van der Waals surface area (Å²) in [4.78, 5) is 41.6. The molecule has 0 aliphatic carbocycles. The average Bonchev–Trinajstić information content (AvgIpc) is 2.86. The van der Waals surface area contributed by atoms with Crippen LogP contribution in [0.3, 0.4) is 0 Å². The topological polar surface area (TPSA) is 87.7 Å². The zero-order valence-corrected chi connectivity index (χ0v) is 24.9. The Bertz CT molecular complexity index is 1110. The third-order valence-electron chi connectivity index (χ3n) is 6.76. The zero-order valence-electron chi connectivity index (χ0n) is 24.9. The number of amides is 3. The van der Waals surface area contributed by atoms with Crippen LogP contribution < -0.4 is 10.6 Å². The fourth-order valence-corrected chi connectivity index (χ4v) is 4.46. The van der Waals surface area contributed by atoms with Crippen molar-refractivity contribution in [1.82, 2.24) is 10.2 Å². The van der Waals surface area contributed by atoms with Gasteiger partial charge in [0.05, 0.1) is 0 Å². The molecule has 2 aromatic carbocycles. The van der Waals surface area contributed by atoms with Crippen LogP contribution in [-0.4, -0.2) is 41.5 Å². The lowest BCUT2D eigenvalue weighted by molar-refractivity contribution is -0.138. The Morgan fingerprint density at radius 1 is 0.872 bits per heavy atom. The van der Waals surface area contributed by atoms with Crippen molar-refractivity contribution >= 4 is 23.6 Å². The number of hydrogen-bond acceptors (Lipinski definition) is 4. The summed E-state index contributed by atoms with van der Waals surface area (Å²) in [6.45, 7) is 13.5. The van der Waals surface area contributed by atoms with E-state index in [-0.39, 0.29) is 18.4 Å². The number of ether oxygens (including phenoxy) is 1. The number of aryl methyl sites for hydroxylation is 2. The molecule has 2 N–H and O–H groups in total. The molecule has 0 aliphatic heterocycles. The zero-order chi connectivity index (χ0) is 29.0. The Labute approximate surface area is 234 Å². The van der Waals surface area contributed by atoms with E-state index in [2.05, 4.69) is 17.6 Å². The van der Waals surface area contributed by atoms with E-state index in [0.29, 0.717) is 12.2 Å². The number of carbonyl (C=O) groups is 3. The van der Waals surface area contributed by atoms with Gasteiger partial charge in [0, 0.05) is 12.2 Å². The SMILES string of the molecule is CCCCCCCCN(C(=O)CNC(=O)OC(C)(C)C)C(C(=O)Nc1ccccc1C)c1cccc(C)c1C. The molecular formula is C32H47N3O4. The molecule has 0 fully saturated rings. The average molecular weight is 538 g/mol. The van der Waals surface area contributed by atoms with Gasteiger partial charge in [0.2, 0.25) is 5.91 Å². The smallest absolute Gasteiger partial charge is 0.408 e. The third-order valence-corrected chi connectivity index (χ3v) is 6.76. The second kappa shape index (κ2) is 15.3. The summed E-state index contributed by atoms with van der Waals surface area (Å²) in [5.41, 5.74) is 3.74. The van der Waals surface area contributed by atoms with Crippen molar-refractivity contribution in [3.8, 4) is 0 Å². The molecule has 2 aromatic rings. The highest BCUT2D eigenvalue weighted by atomic mass is 16.6. The summed E-state index contributed by atoms with van der Waals surface area (Å²) in [5.74, 6) is -0.616. The first-order valence-corrected chi connectivity index (χ1v) is 14.1. The number of para-hydroxylation sites is 1. The van der Waals surface area contributed by atoms with E-state index in [1.54, 1.807) is 25.7 Å². The number of carbonyl (C=O) groups excluding carboxylic acids is 3. The van der Waals surface area contributed by atoms with E-state index in [4.69, 9.17) is 4.74 Å². The Kier molecular flexibility index (Phi) is 12.5. The second-order valence-corrected chi connectivity index (χ2v) is 11.2. The molecule has 3 amide bonds. The van der Waals surface area contributed by atoms with Gasteiger partial charge in [0.1, 0.15) is 18.2 Å². The van der Waals surface area contributed by atoms with Gasteiger partial charge < -0.3 is 20.3 Å². The molecule has 39 heavy (non-hydrogen) atoms. The molecule has 1 unspecified atom stereocenters. The van der Waals surface area contributed by atoms with E-state index < -0.39 is 17.7 Å². The highest BCUT2D eigenvalue weighted by Crippen LogP contribution is 2.29.